The minimum atomic E-state index is -0.585. The molecule has 1 aliphatic rings. The summed E-state index contributed by atoms with van der Waals surface area (Å²) in [6, 6.07) is 17.2. The van der Waals surface area contributed by atoms with E-state index in [1.165, 1.54) is 23.1 Å². The molecule has 6 nitrogen and oxygen atoms in total. The molecule has 0 saturated carbocycles. The highest BCUT2D eigenvalue weighted by molar-refractivity contribution is 8.00. The average Bonchev–Trinajstić information content (AvgIpc) is 3.28. The van der Waals surface area contributed by atoms with E-state index in [9.17, 15) is 14.4 Å². The predicted octanol–water partition coefficient (Wildman–Crippen LogP) is 8.92. The van der Waals surface area contributed by atoms with Gasteiger partial charge in [0.05, 0.1) is 12.2 Å². The molecule has 2 aromatic carbocycles. The van der Waals surface area contributed by atoms with Crippen molar-refractivity contribution in [2.45, 2.75) is 84.3 Å². The summed E-state index contributed by atoms with van der Waals surface area (Å²) in [6.07, 6.45) is 3.08. The number of nitrogens with one attached hydrogen (secondary N) is 2. The molecule has 1 aromatic heterocycles. The van der Waals surface area contributed by atoms with Gasteiger partial charge in [0, 0.05) is 21.9 Å². The fraction of sp³-hybridized carbons (Fsp3) is 0.457. The molecule has 4 rings (SSSR count). The molecule has 0 bridgehead atoms. The summed E-state index contributed by atoms with van der Waals surface area (Å²) < 4.78 is 5.46. The smallest absolute Gasteiger partial charge is 0.341 e. The third kappa shape index (κ3) is 8.73. The Morgan fingerprint density at radius 1 is 1.00 bits per heavy atom. The second-order valence-corrected chi connectivity index (χ2v) is 15.7. The van der Waals surface area contributed by atoms with Gasteiger partial charge in [-0.15, -0.1) is 23.1 Å². The topological polar surface area (TPSA) is 84.5 Å². The number of ether oxygens (including phenoxy) is 1. The largest absolute Gasteiger partial charge is 0.462 e. The van der Waals surface area contributed by atoms with E-state index in [1.807, 2.05) is 75.4 Å². The van der Waals surface area contributed by atoms with E-state index in [2.05, 4.69) is 31.4 Å². The van der Waals surface area contributed by atoms with Crippen molar-refractivity contribution in [1.82, 2.24) is 0 Å². The van der Waals surface area contributed by atoms with Gasteiger partial charge in [-0.25, -0.2) is 4.79 Å². The van der Waals surface area contributed by atoms with Crippen molar-refractivity contribution in [3.63, 3.8) is 0 Å². The lowest BCUT2D eigenvalue weighted by Crippen LogP contribution is -2.26. The van der Waals surface area contributed by atoms with E-state index < -0.39 is 5.25 Å². The standard InChI is InChI=1S/C35H44N2O4S2/c1-8-41-33(40)29-26-18-17-23(35(5,6)7)19-27(26)43-32(29)37-31(39)30(22-13-10-9-11-14-22)42-25-16-12-15-24(20-25)36-28(38)21-34(2,3)4/h9-16,20,23,30H,8,17-19,21H2,1-7H3,(H,36,38)(H,37,39). The molecule has 2 amide bonds. The van der Waals surface area contributed by atoms with Crippen LogP contribution < -0.4 is 10.6 Å². The predicted molar refractivity (Wildman–Crippen MR) is 178 cm³/mol. The minimum absolute atomic E-state index is 0.0474. The first-order chi connectivity index (χ1) is 20.2. The summed E-state index contributed by atoms with van der Waals surface area (Å²) in [5.41, 5.74) is 3.09. The van der Waals surface area contributed by atoms with Gasteiger partial charge in [-0.2, -0.15) is 0 Å². The molecule has 8 heteroatoms. The van der Waals surface area contributed by atoms with Crippen LogP contribution in [0.2, 0.25) is 0 Å². The Hall–Kier alpha value is -3.10. The number of thioether (sulfide) groups is 1. The molecule has 230 valence electrons. The van der Waals surface area contributed by atoms with Crippen LogP contribution in [0.5, 0.6) is 0 Å². The van der Waals surface area contributed by atoms with Crippen molar-refractivity contribution in [2.75, 3.05) is 17.2 Å². The van der Waals surface area contributed by atoms with Crippen LogP contribution in [0.25, 0.3) is 0 Å². The summed E-state index contributed by atoms with van der Waals surface area (Å²) >= 11 is 2.92. The third-order valence-electron chi connectivity index (χ3n) is 7.61. The van der Waals surface area contributed by atoms with Crippen LogP contribution in [-0.2, 0) is 27.2 Å². The van der Waals surface area contributed by atoms with Crippen molar-refractivity contribution < 1.29 is 19.1 Å². The van der Waals surface area contributed by atoms with Crippen molar-refractivity contribution in [2.24, 2.45) is 16.7 Å². The Kier molecular flexibility index (Phi) is 10.4. The number of fused-ring (bicyclic) bond motifs is 1. The number of amides is 2. The van der Waals surface area contributed by atoms with Crippen molar-refractivity contribution in [1.29, 1.82) is 0 Å². The fourth-order valence-electron chi connectivity index (χ4n) is 5.38. The van der Waals surface area contributed by atoms with E-state index in [0.29, 0.717) is 28.6 Å². The SMILES string of the molecule is CCOC(=O)c1c(NC(=O)C(Sc2cccc(NC(=O)CC(C)(C)C)c2)c2ccccc2)sc2c1CCC(C(C)(C)C)C2. The quantitative estimate of drug-likeness (QED) is 0.184. The Balaban J connectivity index is 1.62. The van der Waals surface area contributed by atoms with Gasteiger partial charge in [0.2, 0.25) is 11.8 Å². The molecule has 1 aliphatic carbocycles. The third-order valence-corrected chi connectivity index (χ3v) is 10.0. The number of carbonyl (C=O) groups is 3. The maximum atomic E-state index is 14.1. The van der Waals surface area contributed by atoms with Gasteiger partial charge in [-0.05, 0) is 72.3 Å². The molecule has 0 radical (unpaired) electrons. The van der Waals surface area contributed by atoms with Crippen LogP contribution in [0, 0.1) is 16.7 Å². The van der Waals surface area contributed by atoms with Gasteiger partial charge < -0.3 is 15.4 Å². The number of hydrogen-bond donors (Lipinski definition) is 2. The Morgan fingerprint density at radius 3 is 2.37 bits per heavy atom. The lowest BCUT2D eigenvalue weighted by molar-refractivity contribution is -0.118. The number of thiophene rings is 1. The maximum Gasteiger partial charge on any atom is 0.341 e. The van der Waals surface area contributed by atoms with Crippen molar-refractivity contribution in [3.05, 3.63) is 76.2 Å². The number of hydrogen-bond acceptors (Lipinski definition) is 6. The van der Waals surface area contributed by atoms with E-state index >= 15 is 0 Å². The van der Waals surface area contributed by atoms with Gasteiger partial charge >= 0.3 is 5.97 Å². The van der Waals surface area contributed by atoms with Crippen LogP contribution in [0.3, 0.4) is 0 Å². The van der Waals surface area contributed by atoms with Crippen LogP contribution in [-0.4, -0.2) is 24.4 Å². The Morgan fingerprint density at radius 2 is 1.72 bits per heavy atom. The minimum Gasteiger partial charge on any atom is -0.462 e. The molecule has 2 unspecified atom stereocenters. The monoisotopic (exact) mass is 620 g/mol. The molecule has 43 heavy (non-hydrogen) atoms. The van der Waals surface area contributed by atoms with E-state index in [4.69, 9.17) is 4.74 Å². The zero-order valence-electron chi connectivity index (χ0n) is 26.3. The van der Waals surface area contributed by atoms with Crippen LogP contribution >= 0.6 is 23.1 Å². The van der Waals surface area contributed by atoms with Gasteiger partial charge in [-0.1, -0.05) is 77.9 Å². The first-order valence-corrected chi connectivity index (χ1v) is 16.7. The summed E-state index contributed by atoms with van der Waals surface area (Å²) in [5.74, 6) is -0.142. The number of carbonyl (C=O) groups excluding carboxylic acids is 3. The first kappa shape index (κ1) is 32.8. The average molecular weight is 621 g/mol. The molecule has 0 aliphatic heterocycles. The maximum absolute atomic E-state index is 14.1. The zero-order valence-corrected chi connectivity index (χ0v) is 28.0. The Bertz CT molecular complexity index is 1450. The number of anilines is 2. The van der Waals surface area contributed by atoms with Gasteiger partial charge in [0.25, 0.3) is 0 Å². The molecule has 2 atom stereocenters. The molecule has 0 fully saturated rings. The molecule has 2 N–H and O–H groups in total. The van der Waals surface area contributed by atoms with Crippen LogP contribution in [0.1, 0.15) is 92.9 Å². The molecule has 3 aromatic rings. The molecule has 1 heterocycles. The zero-order chi connectivity index (χ0) is 31.4. The number of benzene rings is 2. The normalized spacial score (nSPS) is 15.7. The summed E-state index contributed by atoms with van der Waals surface area (Å²) in [6.45, 7) is 14.9. The Labute approximate surface area is 264 Å². The highest BCUT2D eigenvalue weighted by Gasteiger charge is 2.35. The van der Waals surface area contributed by atoms with Crippen LogP contribution in [0.4, 0.5) is 10.7 Å². The van der Waals surface area contributed by atoms with E-state index in [-0.39, 0.29) is 35.2 Å². The van der Waals surface area contributed by atoms with Gasteiger partial charge in [0.1, 0.15) is 10.3 Å². The second kappa shape index (κ2) is 13.7. The highest BCUT2D eigenvalue weighted by atomic mass is 32.2. The van der Waals surface area contributed by atoms with Gasteiger partial charge in [-0.3, -0.25) is 9.59 Å². The first-order valence-electron chi connectivity index (χ1n) is 15.0. The molecular formula is C35H44N2O4S2. The summed E-state index contributed by atoms with van der Waals surface area (Å²) in [4.78, 5) is 41.8. The summed E-state index contributed by atoms with van der Waals surface area (Å²) in [7, 11) is 0. The van der Waals surface area contributed by atoms with Gasteiger partial charge in [0.15, 0.2) is 0 Å². The molecular weight excluding hydrogens is 577 g/mol. The van der Waals surface area contributed by atoms with Crippen molar-refractivity contribution in [3.8, 4) is 0 Å². The number of rotatable bonds is 9. The molecule has 0 saturated heterocycles. The lowest BCUT2D eigenvalue weighted by atomic mass is 9.72. The van der Waals surface area contributed by atoms with Crippen molar-refractivity contribution >= 4 is 51.6 Å². The number of esters is 1. The van der Waals surface area contributed by atoms with Crippen LogP contribution in [0.15, 0.2) is 59.5 Å². The van der Waals surface area contributed by atoms with E-state index in [1.54, 1.807) is 6.92 Å². The second-order valence-electron chi connectivity index (χ2n) is 13.4. The van der Waals surface area contributed by atoms with E-state index in [0.717, 1.165) is 40.2 Å². The fourth-order valence-corrected chi connectivity index (χ4v) is 7.78. The summed E-state index contributed by atoms with van der Waals surface area (Å²) in [5, 5.41) is 6.11. The lowest BCUT2D eigenvalue weighted by Gasteiger charge is -2.33. The highest BCUT2D eigenvalue weighted by Crippen LogP contribution is 2.45. The molecule has 0 spiro atoms.